The summed E-state index contributed by atoms with van der Waals surface area (Å²) >= 11 is 0. The summed E-state index contributed by atoms with van der Waals surface area (Å²) < 4.78 is 5.82. The van der Waals surface area contributed by atoms with Gasteiger partial charge in [-0.25, -0.2) is 0 Å². The average molecular weight is 422 g/mol. The second-order valence-electron chi connectivity index (χ2n) is 9.40. The predicted molar refractivity (Wildman–Crippen MR) is 116 cm³/mol. The fourth-order valence-electron chi connectivity index (χ4n) is 5.51. The average Bonchev–Trinajstić information content (AvgIpc) is 3.42. The monoisotopic (exact) mass is 421 g/mol. The number of anilines is 1. The molecule has 162 valence electrons. The maximum atomic E-state index is 13.1. The Balaban J connectivity index is 1.30. The van der Waals surface area contributed by atoms with Crippen molar-refractivity contribution in [2.45, 2.75) is 50.2 Å². The lowest BCUT2D eigenvalue weighted by atomic mass is 9.73. The van der Waals surface area contributed by atoms with E-state index in [-0.39, 0.29) is 28.5 Å². The summed E-state index contributed by atoms with van der Waals surface area (Å²) in [6.07, 6.45) is 7.51. The zero-order chi connectivity index (χ0) is 21.2. The molecular formula is C22H27N7O2. The van der Waals surface area contributed by atoms with Crippen LogP contribution in [0.1, 0.15) is 43.9 Å². The smallest absolute Gasteiger partial charge is 0.263 e. The van der Waals surface area contributed by atoms with Crippen LogP contribution in [0.3, 0.4) is 0 Å². The molecule has 2 aliphatic heterocycles. The molecule has 9 heteroatoms. The Bertz CT molecular complexity index is 1180. The summed E-state index contributed by atoms with van der Waals surface area (Å²) in [4.78, 5) is 27.3. The van der Waals surface area contributed by atoms with Crippen LogP contribution in [0.5, 0.6) is 0 Å². The largest absolute Gasteiger partial charge is 0.376 e. The molecule has 2 saturated heterocycles. The van der Waals surface area contributed by atoms with Gasteiger partial charge in [-0.15, -0.1) is 0 Å². The number of nitrogens with two attached hydrogens (primary N) is 1. The molecule has 6 rings (SSSR count). The number of rotatable bonds is 3. The summed E-state index contributed by atoms with van der Waals surface area (Å²) in [7, 11) is 0. The lowest BCUT2D eigenvalue weighted by Crippen LogP contribution is -2.51. The number of hydrogen-bond acceptors (Lipinski definition) is 7. The molecule has 1 aliphatic carbocycles. The standard InChI is InChI=1S/C22H27N7O2/c1-13-16(23)21(12-31-13)6-9-29(10-7-21)20-25-18-15(19(30)26-20)17(27-28-18)22(4-5-22)14-3-2-8-24-11-14/h2-3,8,11,13,16H,4-7,9-10,12,23H2,1H3,(H2,25,26,27,28,30)/t13-,16+/m0/s1. The first kappa shape index (κ1) is 18.9. The minimum atomic E-state index is -0.216. The fourth-order valence-corrected chi connectivity index (χ4v) is 5.51. The van der Waals surface area contributed by atoms with Crippen LogP contribution < -0.4 is 16.2 Å². The zero-order valence-electron chi connectivity index (χ0n) is 17.6. The maximum Gasteiger partial charge on any atom is 0.263 e. The Labute approximate surface area is 179 Å². The van der Waals surface area contributed by atoms with Gasteiger partial charge in [-0.05, 0) is 44.2 Å². The van der Waals surface area contributed by atoms with Gasteiger partial charge in [-0.2, -0.15) is 10.1 Å². The molecule has 9 nitrogen and oxygen atoms in total. The van der Waals surface area contributed by atoms with Gasteiger partial charge in [-0.1, -0.05) is 6.07 Å². The van der Waals surface area contributed by atoms with Gasteiger partial charge < -0.3 is 15.4 Å². The highest BCUT2D eigenvalue weighted by Crippen LogP contribution is 2.53. The van der Waals surface area contributed by atoms with E-state index in [9.17, 15) is 4.79 Å². The Morgan fingerprint density at radius 2 is 2.06 bits per heavy atom. The first-order valence-corrected chi connectivity index (χ1v) is 11.0. The van der Waals surface area contributed by atoms with Crippen molar-refractivity contribution in [2.24, 2.45) is 11.1 Å². The van der Waals surface area contributed by atoms with Gasteiger partial charge in [0.25, 0.3) is 5.56 Å². The summed E-state index contributed by atoms with van der Waals surface area (Å²) in [6.45, 7) is 4.33. The van der Waals surface area contributed by atoms with Gasteiger partial charge in [0.2, 0.25) is 5.95 Å². The Morgan fingerprint density at radius 1 is 1.26 bits per heavy atom. The van der Waals surface area contributed by atoms with Crippen LogP contribution >= 0.6 is 0 Å². The quantitative estimate of drug-likeness (QED) is 0.584. The van der Waals surface area contributed by atoms with Gasteiger partial charge in [-0.3, -0.25) is 19.9 Å². The first-order valence-electron chi connectivity index (χ1n) is 11.0. The second-order valence-corrected chi connectivity index (χ2v) is 9.40. The molecule has 3 aliphatic rings. The summed E-state index contributed by atoms with van der Waals surface area (Å²) in [5.41, 5.74) is 8.52. The van der Waals surface area contributed by atoms with Crippen molar-refractivity contribution < 1.29 is 4.74 Å². The highest BCUT2D eigenvalue weighted by Gasteiger charge is 2.50. The van der Waals surface area contributed by atoms with Crippen LogP contribution in [0, 0.1) is 5.41 Å². The van der Waals surface area contributed by atoms with Crippen molar-refractivity contribution in [1.29, 1.82) is 0 Å². The summed E-state index contributed by atoms with van der Waals surface area (Å²) in [5.74, 6) is 0.581. The molecule has 1 saturated carbocycles. The molecule has 3 aromatic rings. The summed E-state index contributed by atoms with van der Waals surface area (Å²) in [6, 6.07) is 4.05. The van der Waals surface area contributed by atoms with E-state index in [1.165, 1.54) is 0 Å². The number of nitrogens with one attached hydrogen (secondary N) is 2. The van der Waals surface area contributed by atoms with Crippen molar-refractivity contribution in [3.05, 3.63) is 46.1 Å². The number of hydrogen-bond donors (Lipinski definition) is 3. The van der Waals surface area contributed by atoms with E-state index in [2.05, 4.69) is 31.1 Å². The Hall–Kier alpha value is -2.78. The normalized spacial score (nSPS) is 26.6. The molecule has 3 aromatic heterocycles. The van der Waals surface area contributed by atoms with Gasteiger partial charge in [0, 0.05) is 42.4 Å². The molecular weight excluding hydrogens is 394 g/mol. The number of H-pyrrole nitrogens is 2. The third-order valence-electron chi connectivity index (χ3n) is 7.76. The van der Waals surface area contributed by atoms with Crippen LogP contribution in [0.25, 0.3) is 11.0 Å². The predicted octanol–water partition coefficient (Wildman–Crippen LogP) is 1.45. The molecule has 2 atom stereocenters. The molecule has 1 spiro atoms. The second kappa shape index (κ2) is 6.61. The highest BCUT2D eigenvalue weighted by molar-refractivity contribution is 5.80. The number of aromatic nitrogens is 5. The molecule has 0 bridgehead atoms. The minimum absolute atomic E-state index is 0.0297. The number of nitrogens with zero attached hydrogens (tertiary/aromatic N) is 4. The molecule has 0 amide bonds. The third-order valence-corrected chi connectivity index (χ3v) is 7.76. The number of aromatic amines is 2. The Kier molecular flexibility index (Phi) is 4.04. The van der Waals surface area contributed by atoms with Crippen LogP contribution in [-0.2, 0) is 10.2 Å². The molecule has 5 heterocycles. The van der Waals surface area contributed by atoms with Crippen molar-refractivity contribution in [1.82, 2.24) is 25.1 Å². The molecule has 31 heavy (non-hydrogen) atoms. The van der Waals surface area contributed by atoms with Crippen LogP contribution in [-0.4, -0.2) is 57.0 Å². The number of piperidine rings is 1. The van der Waals surface area contributed by atoms with Crippen LogP contribution in [0.4, 0.5) is 5.95 Å². The van der Waals surface area contributed by atoms with E-state index >= 15 is 0 Å². The van der Waals surface area contributed by atoms with Crippen molar-refractivity contribution in [3.8, 4) is 0 Å². The van der Waals surface area contributed by atoms with Gasteiger partial charge in [0.1, 0.15) is 5.39 Å². The lowest BCUT2D eigenvalue weighted by Gasteiger charge is -2.41. The molecule has 0 unspecified atom stereocenters. The molecule has 0 radical (unpaired) electrons. The fraction of sp³-hybridized carbons (Fsp3) is 0.545. The molecule has 3 fully saturated rings. The van der Waals surface area contributed by atoms with E-state index in [4.69, 9.17) is 15.5 Å². The van der Waals surface area contributed by atoms with E-state index < -0.39 is 0 Å². The van der Waals surface area contributed by atoms with E-state index in [1.54, 1.807) is 6.20 Å². The topological polar surface area (TPSA) is 126 Å². The minimum Gasteiger partial charge on any atom is -0.376 e. The van der Waals surface area contributed by atoms with Gasteiger partial charge in [0.05, 0.1) is 18.4 Å². The van der Waals surface area contributed by atoms with Gasteiger partial charge >= 0.3 is 0 Å². The number of ether oxygens (including phenoxy) is 1. The Morgan fingerprint density at radius 3 is 2.71 bits per heavy atom. The molecule has 0 aromatic carbocycles. The van der Waals surface area contributed by atoms with Crippen molar-refractivity contribution in [2.75, 3.05) is 24.6 Å². The number of pyridine rings is 1. The maximum absolute atomic E-state index is 13.1. The summed E-state index contributed by atoms with van der Waals surface area (Å²) in [5, 5.41) is 8.10. The number of fused-ring (bicyclic) bond motifs is 1. The molecule has 4 N–H and O–H groups in total. The van der Waals surface area contributed by atoms with E-state index in [0.717, 1.165) is 50.0 Å². The van der Waals surface area contributed by atoms with Crippen LogP contribution in [0.2, 0.25) is 0 Å². The lowest BCUT2D eigenvalue weighted by molar-refractivity contribution is 0.0973. The van der Waals surface area contributed by atoms with E-state index in [0.29, 0.717) is 23.6 Å². The highest BCUT2D eigenvalue weighted by atomic mass is 16.5. The van der Waals surface area contributed by atoms with Crippen molar-refractivity contribution in [3.63, 3.8) is 0 Å². The van der Waals surface area contributed by atoms with Crippen molar-refractivity contribution >= 4 is 17.0 Å². The first-order chi connectivity index (χ1) is 15.0. The SMILES string of the molecule is C[C@@H]1OCC2(CCN(c3nc4n[nH]c(C5(c6cccnc6)CC5)c4c(=O)[nH]3)CC2)[C@@H]1N. The van der Waals surface area contributed by atoms with Gasteiger partial charge in [0.15, 0.2) is 5.65 Å². The third kappa shape index (κ3) is 2.76. The van der Waals surface area contributed by atoms with E-state index in [1.807, 2.05) is 19.2 Å². The zero-order valence-corrected chi connectivity index (χ0v) is 17.6. The van der Waals surface area contributed by atoms with Crippen LogP contribution in [0.15, 0.2) is 29.3 Å².